The van der Waals surface area contributed by atoms with Gasteiger partial charge in [0.1, 0.15) is 28.6 Å². The molecule has 1 aliphatic heterocycles. The molecule has 0 aromatic carbocycles. The Balaban J connectivity index is 1.55. The van der Waals surface area contributed by atoms with Crippen molar-refractivity contribution in [2.45, 2.75) is 45.2 Å². The second-order valence-electron chi connectivity index (χ2n) is 7.74. The highest BCUT2D eigenvalue weighted by molar-refractivity contribution is 5.93. The first-order valence-electron chi connectivity index (χ1n) is 9.82. The molecule has 0 saturated heterocycles. The van der Waals surface area contributed by atoms with Crippen LogP contribution in [0.3, 0.4) is 0 Å². The van der Waals surface area contributed by atoms with Crippen LogP contribution >= 0.6 is 0 Å². The molecule has 6 rings (SSSR count). The molecule has 5 heterocycles. The second-order valence-corrected chi connectivity index (χ2v) is 7.74. The quantitative estimate of drug-likeness (QED) is 0.514. The van der Waals surface area contributed by atoms with E-state index < -0.39 is 0 Å². The molecule has 0 atom stereocenters. The maximum Gasteiger partial charge on any atom is 0.178 e. The van der Waals surface area contributed by atoms with Crippen LogP contribution in [0.5, 0.6) is 0 Å². The van der Waals surface area contributed by atoms with Crippen LogP contribution in [-0.2, 0) is 13.0 Å². The Morgan fingerprint density at radius 2 is 2.11 bits per heavy atom. The van der Waals surface area contributed by atoms with Gasteiger partial charge in [0.05, 0.1) is 17.9 Å². The van der Waals surface area contributed by atoms with Gasteiger partial charge in [-0.15, -0.1) is 0 Å². The zero-order valence-corrected chi connectivity index (χ0v) is 15.7. The van der Waals surface area contributed by atoms with Gasteiger partial charge in [-0.3, -0.25) is 13.9 Å². The molecule has 7 nitrogen and oxygen atoms in total. The zero-order valence-electron chi connectivity index (χ0n) is 15.7. The lowest BCUT2D eigenvalue weighted by Gasteiger charge is -2.09. The summed E-state index contributed by atoms with van der Waals surface area (Å²) in [5.74, 6) is 1.12. The summed E-state index contributed by atoms with van der Waals surface area (Å²) < 4.78 is 6.24. The zero-order chi connectivity index (χ0) is 18.8. The first-order valence-corrected chi connectivity index (χ1v) is 9.82. The number of carbonyl (C=O) groups excluding carboxylic acids is 1. The lowest BCUT2D eigenvalue weighted by Crippen LogP contribution is -2.01. The number of fused-ring (bicyclic) bond motifs is 2. The van der Waals surface area contributed by atoms with Crippen LogP contribution in [0.15, 0.2) is 36.8 Å². The van der Waals surface area contributed by atoms with Gasteiger partial charge in [0, 0.05) is 37.8 Å². The van der Waals surface area contributed by atoms with Crippen LogP contribution in [0.2, 0.25) is 0 Å². The highest BCUT2D eigenvalue weighted by Gasteiger charge is 2.28. The number of aromatic nitrogens is 6. The summed E-state index contributed by atoms with van der Waals surface area (Å²) in [6, 6.07) is 6.64. The first kappa shape index (κ1) is 15.8. The minimum atomic E-state index is 0.00608. The van der Waals surface area contributed by atoms with Gasteiger partial charge in [-0.25, -0.2) is 9.97 Å². The normalized spacial score (nSPS) is 16.0. The summed E-state index contributed by atoms with van der Waals surface area (Å²) in [5.41, 5.74) is 5.33. The fourth-order valence-corrected chi connectivity index (χ4v) is 4.19. The predicted molar refractivity (Wildman–Crippen MR) is 104 cm³/mol. The molecule has 0 bridgehead atoms. The largest absolute Gasteiger partial charge is 0.327 e. The molecule has 1 fully saturated rings. The van der Waals surface area contributed by atoms with Crippen LogP contribution in [-0.4, -0.2) is 34.5 Å². The Morgan fingerprint density at radius 1 is 1.21 bits per heavy atom. The van der Waals surface area contributed by atoms with E-state index in [-0.39, 0.29) is 5.78 Å². The fourth-order valence-electron chi connectivity index (χ4n) is 4.19. The van der Waals surface area contributed by atoms with Gasteiger partial charge >= 0.3 is 0 Å². The van der Waals surface area contributed by atoms with Crippen molar-refractivity contribution < 1.29 is 4.79 Å². The number of rotatable bonds is 4. The first-order chi connectivity index (χ1) is 13.7. The van der Waals surface area contributed by atoms with E-state index in [1.54, 1.807) is 13.1 Å². The minimum Gasteiger partial charge on any atom is -0.327 e. The molecule has 0 spiro atoms. The van der Waals surface area contributed by atoms with Gasteiger partial charge in [0.2, 0.25) is 0 Å². The second kappa shape index (κ2) is 5.64. The Kier molecular flexibility index (Phi) is 3.18. The molecule has 0 radical (unpaired) electrons. The van der Waals surface area contributed by atoms with E-state index in [1.165, 1.54) is 12.8 Å². The smallest absolute Gasteiger partial charge is 0.178 e. The summed E-state index contributed by atoms with van der Waals surface area (Å²) in [6.45, 7) is 2.53. The Hall–Kier alpha value is -3.22. The highest BCUT2D eigenvalue weighted by atomic mass is 16.1. The summed E-state index contributed by atoms with van der Waals surface area (Å²) in [7, 11) is 0. The lowest BCUT2D eigenvalue weighted by atomic mass is 10.1. The van der Waals surface area contributed by atoms with E-state index in [4.69, 9.17) is 10.1 Å². The molecule has 0 unspecified atom stereocenters. The number of pyridine rings is 1. The van der Waals surface area contributed by atoms with Gasteiger partial charge in [0.15, 0.2) is 5.78 Å². The molecule has 1 saturated carbocycles. The van der Waals surface area contributed by atoms with Gasteiger partial charge in [0.25, 0.3) is 0 Å². The van der Waals surface area contributed by atoms with Crippen LogP contribution in [0.1, 0.15) is 48.5 Å². The number of ketones is 1. The number of aryl methyl sites for hydroxylation is 1. The van der Waals surface area contributed by atoms with Crippen molar-refractivity contribution in [1.82, 2.24) is 28.7 Å². The summed E-state index contributed by atoms with van der Waals surface area (Å²) in [4.78, 5) is 21.3. The third-order valence-electron chi connectivity index (χ3n) is 5.74. The van der Waals surface area contributed by atoms with Crippen LogP contribution in [0.25, 0.3) is 28.3 Å². The molecule has 0 N–H and O–H groups in total. The predicted octanol–water partition coefficient (Wildman–Crippen LogP) is 3.55. The third kappa shape index (κ3) is 2.28. The topological polar surface area (TPSA) is 70.0 Å². The van der Waals surface area contributed by atoms with Crippen molar-refractivity contribution in [2.75, 3.05) is 0 Å². The lowest BCUT2D eigenvalue weighted by molar-refractivity contribution is 0.101. The standard InChI is InChI=1S/C21H20N6O/c1-13(28)17-11-22-18-7-4-14(12-26(17)18)21-20(23-19-3-2-9-25(19)21)16-8-10-27(24-16)15-5-6-15/h4,7-8,10-12,15H,2-3,5-6,9H2,1H3. The van der Waals surface area contributed by atoms with Crippen molar-refractivity contribution >= 4 is 11.4 Å². The van der Waals surface area contributed by atoms with Gasteiger partial charge < -0.3 is 4.57 Å². The molecular formula is C21H20N6O. The monoisotopic (exact) mass is 372 g/mol. The molecule has 4 aromatic heterocycles. The molecular weight excluding hydrogens is 352 g/mol. The summed E-state index contributed by atoms with van der Waals surface area (Å²) >= 11 is 0. The van der Waals surface area contributed by atoms with Crippen molar-refractivity contribution in [3.05, 3.63) is 48.3 Å². The number of hydrogen-bond donors (Lipinski definition) is 0. The van der Waals surface area contributed by atoms with Gasteiger partial charge in [-0.2, -0.15) is 5.10 Å². The van der Waals surface area contributed by atoms with Crippen LogP contribution in [0, 0.1) is 0 Å². The highest BCUT2D eigenvalue weighted by Crippen LogP contribution is 2.38. The van der Waals surface area contributed by atoms with E-state index >= 15 is 0 Å². The van der Waals surface area contributed by atoms with E-state index in [0.29, 0.717) is 11.7 Å². The molecule has 7 heteroatoms. The SMILES string of the molecule is CC(=O)c1cnc2ccc(-c3c(-c4ccn(C5CC5)n4)nc4n3CCC4)cn12. The van der Waals surface area contributed by atoms with E-state index in [1.807, 2.05) is 16.7 Å². The molecule has 2 aliphatic rings. The van der Waals surface area contributed by atoms with Crippen molar-refractivity contribution in [3.63, 3.8) is 0 Å². The summed E-state index contributed by atoms with van der Waals surface area (Å²) in [5, 5.41) is 4.81. The van der Waals surface area contributed by atoms with Crippen molar-refractivity contribution in [1.29, 1.82) is 0 Å². The van der Waals surface area contributed by atoms with E-state index in [0.717, 1.165) is 53.5 Å². The maximum absolute atomic E-state index is 12.0. The Labute approximate surface area is 161 Å². The average molecular weight is 372 g/mol. The number of imidazole rings is 2. The molecule has 4 aromatic rings. The number of hydrogen-bond acceptors (Lipinski definition) is 4. The average Bonchev–Trinajstić information content (AvgIpc) is 3.08. The van der Waals surface area contributed by atoms with E-state index in [9.17, 15) is 4.79 Å². The number of carbonyl (C=O) groups is 1. The molecule has 0 amide bonds. The fraction of sp³-hybridized carbons (Fsp3) is 0.333. The van der Waals surface area contributed by atoms with Gasteiger partial charge in [-0.1, -0.05) is 0 Å². The number of nitrogens with zero attached hydrogens (tertiary/aromatic N) is 6. The maximum atomic E-state index is 12.0. The van der Waals surface area contributed by atoms with Gasteiger partial charge in [-0.05, 0) is 37.5 Å². The Morgan fingerprint density at radius 3 is 2.93 bits per heavy atom. The number of Topliss-reactive ketones (excluding diaryl/α,β-unsaturated/α-hetero) is 1. The van der Waals surface area contributed by atoms with E-state index in [2.05, 4.69) is 32.6 Å². The summed E-state index contributed by atoms with van der Waals surface area (Å²) in [6.07, 6.45) is 10.2. The minimum absolute atomic E-state index is 0.00608. The van der Waals surface area contributed by atoms with Crippen LogP contribution in [0.4, 0.5) is 0 Å². The van der Waals surface area contributed by atoms with Crippen molar-refractivity contribution in [2.24, 2.45) is 0 Å². The molecule has 28 heavy (non-hydrogen) atoms. The Bertz CT molecular complexity index is 1240. The van der Waals surface area contributed by atoms with Crippen molar-refractivity contribution in [3.8, 4) is 22.6 Å². The molecule has 140 valence electrons. The van der Waals surface area contributed by atoms with Crippen LogP contribution < -0.4 is 0 Å². The molecule has 1 aliphatic carbocycles. The third-order valence-corrected chi connectivity index (χ3v) is 5.74.